The molecule has 2 aliphatic rings. The van der Waals surface area contributed by atoms with Crippen molar-refractivity contribution in [3.63, 3.8) is 0 Å². The summed E-state index contributed by atoms with van der Waals surface area (Å²) in [5.74, 6) is 0.411. The maximum absolute atomic E-state index is 13.5. The van der Waals surface area contributed by atoms with Crippen LogP contribution in [-0.2, 0) is 11.8 Å². The Hall–Kier alpha value is -2.82. The van der Waals surface area contributed by atoms with Gasteiger partial charge in [-0.05, 0) is 66.1 Å². The molecule has 0 saturated carbocycles. The van der Waals surface area contributed by atoms with Gasteiger partial charge >= 0.3 is 0 Å². The van der Waals surface area contributed by atoms with E-state index in [1.165, 1.54) is 11.1 Å². The topological polar surface area (TPSA) is 69.2 Å². The van der Waals surface area contributed by atoms with E-state index in [0.717, 1.165) is 36.0 Å². The SMILES string of the molecule is Cc1cc2c(cc1O)C[C@@H]1N(C(=O)c3ccc4nc[nH]c4c3)CC[C@@]2(C)C1(C)C. The largest absolute Gasteiger partial charge is 0.508 e. The van der Waals surface area contributed by atoms with Crippen molar-refractivity contribution >= 4 is 16.9 Å². The lowest BCUT2D eigenvalue weighted by Crippen LogP contribution is -2.64. The highest BCUT2D eigenvalue weighted by Crippen LogP contribution is 2.56. The highest BCUT2D eigenvalue weighted by atomic mass is 16.3. The van der Waals surface area contributed by atoms with E-state index >= 15 is 0 Å². The van der Waals surface area contributed by atoms with Crippen LogP contribution < -0.4 is 0 Å². The lowest BCUT2D eigenvalue weighted by atomic mass is 9.51. The third-order valence-electron chi connectivity index (χ3n) is 7.84. The Labute approximate surface area is 170 Å². The van der Waals surface area contributed by atoms with Crippen LogP contribution in [0, 0.1) is 12.3 Å². The number of carbonyl (C=O) groups is 1. The normalized spacial score (nSPS) is 25.1. The second-order valence-electron chi connectivity index (χ2n) is 9.45. The van der Waals surface area contributed by atoms with Crippen LogP contribution in [0.25, 0.3) is 11.0 Å². The number of phenolic OH excluding ortho intramolecular Hbond substituents is 1. The Kier molecular flexibility index (Phi) is 3.67. The highest BCUT2D eigenvalue weighted by molar-refractivity contribution is 5.97. The third kappa shape index (κ3) is 2.39. The Morgan fingerprint density at radius 1 is 1.24 bits per heavy atom. The van der Waals surface area contributed by atoms with E-state index in [1.54, 1.807) is 6.33 Å². The molecule has 150 valence electrons. The van der Waals surface area contributed by atoms with E-state index in [2.05, 4.69) is 41.7 Å². The summed E-state index contributed by atoms with van der Waals surface area (Å²) in [4.78, 5) is 22.9. The van der Waals surface area contributed by atoms with Crippen molar-refractivity contribution in [2.24, 2.45) is 5.41 Å². The molecule has 1 saturated heterocycles. The Morgan fingerprint density at radius 2 is 2.03 bits per heavy atom. The summed E-state index contributed by atoms with van der Waals surface area (Å²) < 4.78 is 0. The number of benzene rings is 2. The van der Waals surface area contributed by atoms with Gasteiger partial charge in [0.25, 0.3) is 5.91 Å². The number of hydrogen-bond acceptors (Lipinski definition) is 3. The molecule has 0 unspecified atom stereocenters. The smallest absolute Gasteiger partial charge is 0.254 e. The van der Waals surface area contributed by atoms with Crippen molar-refractivity contribution in [1.82, 2.24) is 14.9 Å². The number of piperidine rings is 1. The minimum Gasteiger partial charge on any atom is -0.508 e. The van der Waals surface area contributed by atoms with E-state index in [-0.39, 0.29) is 22.8 Å². The van der Waals surface area contributed by atoms with E-state index < -0.39 is 0 Å². The summed E-state index contributed by atoms with van der Waals surface area (Å²) in [6, 6.07) is 9.83. The maximum Gasteiger partial charge on any atom is 0.254 e. The standard InChI is InChI=1S/C24H27N3O2/c1-14-9-17-16(11-20(14)28)12-21-23(2,3)24(17,4)7-8-27(21)22(29)15-5-6-18-19(10-15)26-13-25-18/h5-6,9-11,13,21,28H,7-8,12H2,1-4H3,(H,25,26)/t21-,24+/m0/s1. The van der Waals surface area contributed by atoms with Crippen LogP contribution in [0.5, 0.6) is 5.75 Å². The molecule has 1 aliphatic heterocycles. The number of aromatic amines is 1. The number of aromatic hydroxyl groups is 1. The number of H-pyrrole nitrogens is 1. The number of likely N-dealkylation sites (tertiary alicyclic amines) is 1. The molecule has 0 radical (unpaired) electrons. The van der Waals surface area contributed by atoms with Crippen LogP contribution in [0.3, 0.4) is 0 Å². The Balaban J connectivity index is 1.58. The minimum atomic E-state index is -0.0740. The van der Waals surface area contributed by atoms with Crippen LogP contribution in [0.15, 0.2) is 36.7 Å². The average Bonchev–Trinajstić information content (AvgIpc) is 3.14. The van der Waals surface area contributed by atoms with Crippen LogP contribution >= 0.6 is 0 Å². The van der Waals surface area contributed by atoms with Crippen molar-refractivity contribution in [3.05, 3.63) is 58.9 Å². The van der Waals surface area contributed by atoms with Gasteiger partial charge in [-0.15, -0.1) is 0 Å². The van der Waals surface area contributed by atoms with Gasteiger partial charge in [0.15, 0.2) is 0 Å². The molecule has 5 rings (SSSR count). The average molecular weight is 389 g/mol. The number of carbonyl (C=O) groups excluding carboxylic acids is 1. The van der Waals surface area contributed by atoms with Crippen LogP contribution in [-0.4, -0.2) is 38.5 Å². The molecule has 2 heterocycles. The zero-order valence-corrected chi connectivity index (χ0v) is 17.4. The minimum absolute atomic E-state index is 0.0339. The number of fused-ring (bicyclic) bond motifs is 5. The van der Waals surface area contributed by atoms with E-state index in [0.29, 0.717) is 11.3 Å². The van der Waals surface area contributed by atoms with Crippen molar-refractivity contribution in [2.45, 2.75) is 52.0 Å². The first-order chi connectivity index (χ1) is 13.7. The molecular formula is C24H27N3O2. The first-order valence-corrected chi connectivity index (χ1v) is 10.3. The van der Waals surface area contributed by atoms with E-state index in [4.69, 9.17) is 0 Å². The molecule has 5 heteroatoms. The first kappa shape index (κ1) is 18.2. The summed E-state index contributed by atoms with van der Waals surface area (Å²) in [6.07, 6.45) is 3.33. The number of nitrogens with one attached hydrogen (secondary N) is 1. The predicted molar refractivity (Wildman–Crippen MR) is 113 cm³/mol. The van der Waals surface area contributed by atoms with E-state index in [9.17, 15) is 9.90 Å². The molecule has 1 aromatic heterocycles. The molecule has 5 nitrogen and oxygen atoms in total. The molecule has 2 bridgehead atoms. The number of imidazole rings is 1. The van der Waals surface area contributed by atoms with Crippen molar-refractivity contribution in [2.75, 3.05) is 6.54 Å². The first-order valence-electron chi connectivity index (χ1n) is 10.3. The van der Waals surface area contributed by atoms with Gasteiger partial charge in [-0.3, -0.25) is 4.79 Å². The third-order valence-corrected chi connectivity index (χ3v) is 7.84. The van der Waals surface area contributed by atoms with Crippen molar-refractivity contribution < 1.29 is 9.90 Å². The second kappa shape index (κ2) is 5.85. The molecule has 29 heavy (non-hydrogen) atoms. The number of phenols is 1. The fourth-order valence-corrected chi connectivity index (χ4v) is 5.53. The number of hydrogen-bond donors (Lipinski definition) is 2. The molecule has 2 atom stereocenters. The molecule has 2 N–H and O–H groups in total. The van der Waals surface area contributed by atoms with Crippen molar-refractivity contribution in [3.8, 4) is 5.75 Å². The molecular weight excluding hydrogens is 362 g/mol. The predicted octanol–water partition coefficient (Wildman–Crippen LogP) is 4.33. The Bertz CT molecular complexity index is 1150. The zero-order valence-electron chi connectivity index (χ0n) is 17.4. The number of aromatic nitrogens is 2. The molecule has 1 amide bonds. The number of amides is 1. The molecule has 2 aromatic carbocycles. The summed E-state index contributed by atoms with van der Waals surface area (Å²) in [5.41, 5.74) is 5.76. The van der Waals surface area contributed by atoms with Gasteiger partial charge in [0, 0.05) is 23.6 Å². The monoisotopic (exact) mass is 389 g/mol. The van der Waals surface area contributed by atoms with Gasteiger partial charge in [-0.1, -0.05) is 26.8 Å². The van der Waals surface area contributed by atoms with Gasteiger partial charge in [0.1, 0.15) is 5.75 Å². The zero-order chi connectivity index (χ0) is 20.6. The van der Waals surface area contributed by atoms with Gasteiger partial charge in [0.05, 0.1) is 17.4 Å². The van der Waals surface area contributed by atoms with Gasteiger partial charge in [-0.25, -0.2) is 4.98 Å². The fraction of sp³-hybridized carbons (Fsp3) is 0.417. The summed E-state index contributed by atoms with van der Waals surface area (Å²) in [7, 11) is 0. The number of nitrogens with zero attached hydrogens (tertiary/aromatic N) is 2. The summed E-state index contributed by atoms with van der Waals surface area (Å²) in [5, 5.41) is 10.3. The quantitative estimate of drug-likeness (QED) is 0.651. The summed E-state index contributed by atoms with van der Waals surface area (Å²) in [6.45, 7) is 9.61. The molecule has 0 spiro atoms. The summed E-state index contributed by atoms with van der Waals surface area (Å²) >= 11 is 0. The second-order valence-corrected chi connectivity index (χ2v) is 9.45. The highest BCUT2D eigenvalue weighted by Gasteiger charge is 2.56. The Morgan fingerprint density at radius 3 is 2.83 bits per heavy atom. The molecule has 1 aliphatic carbocycles. The van der Waals surface area contributed by atoms with Gasteiger partial charge in [0.2, 0.25) is 0 Å². The van der Waals surface area contributed by atoms with Gasteiger partial charge < -0.3 is 15.0 Å². The lowest BCUT2D eigenvalue weighted by Gasteiger charge is -2.61. The fourth-order valence-electron chi connectivity index (χ4n) is 5.53. The number of aryl methyl sites for hydroxylation is 1. The molecule has 3 aromatic rings. The van der Waals surface area contributed by atoms with Crippen LogP contribution in [0.4, 0.5) is 0 Å². The van der Waals surface area contributed by atoms with E-state index in [1.807, 2.05) is 31.2 Å². The maximum atomic E-state index is 13.5. The van der Waals surface area contributed by atoms with Crippen LogP contribution in [0.1, 0.15) is 54.2 Å². The molecule has 1 fully saturated rings. The van der Waals surface area contributed by atoms with Gasteiger partial charge in [-0.2, -0.15) is 0 Å². The van der Waals surface area contributed by atoms with Crippen molar-refractivity contribution in [1.29, 1.82) is 0 Å². The lowest BCUT2D eigenvalue weighted by molar-refractivity contribution is -0.0262. The van der Waals surface area contributed by atoms with Crippen LogP contribution in [0.2, 0.25) is 0 Å². The number of rotatable bonds is 1.